The molecule has 0 aliphatic heterocycles. The van der Waals surface area contributed by atoms with Gasteiger partial charge in [0.2, 0.25) is 15.9 Å². The summed E-state index contributed by atoms with van der Waals surface area (Å²) in [5.74, 6) is -2.09. The van der Waals surface area contributed by atoms with Crippen molar-refractivity contribution in [2.45, 2.75) is 24.3 Å². The van der Waals surface area contributed by atoms with Crippen LogP contribution in [0, 0.1) is 11.6 Å². The molecular weight excluding hydrogens is 362 g/mol. The smallest absolute Gasteiger partial charge is 0.242 e. The van der Waals surface area contributed by atoms with E-state index in [1.807, 2.05) is 0 Å². The lowest BCUT2D eigenvalue weighted by Gasteiger charge is -2.12. The first kappa shape index (κ1) is 20.0. The van der Waals surface area contributed by atoms with E-state index in [4.69, 9.17) is 0 Å². The molecule has 2 rings (SSSR count). The number of halogens is 2. The summed E-state index contributed by atoms with van der Waals surface area (Å²) in [7, 11) is -0.573. The van der Waals surface area contributed by atoms with Gasteiger partial charge in [-0.3, -0.25) is 4.79 Å². The molecule has 1 amide bonds. The van der Waals surface area contributed by atoms with Gasteiger partial charge in [0.1, 0.15) is 0 Å². The molecule has 1 N–H and O–H groups in total. The minimum atomic E-state index is -3.48. The lowest BCUT2D eigenvalue weighted by molar-refractivity contribution is -0.121. The Morgan fingerprint density at radius 2 is 1.62 bits per heavy atom. The molecule has 0 bridgehead atoms. The van der Waals surface area contributed by atoms with E-state index >= 15 is 0 Å². The summed E-state index contributed by atoms with van der Waals surface area (Å²) in [4.78, 5) is 12.1. The van der Waals surface area contributed by atoms with Gasteiger partial charge in [-0.1, -0.05) is 18.2 Å². The van der Waals surface area contributed by atoms with E-state index in [1.54, 1.807) is 12.1 Å². The summed E-state index contributed by atoms with van der Waals surface area (Å²) in [5, 5.41) is 2.71. The van der Waals surface area contributed by atoms with E-state index in [0.717, 1.165) is 22.0 Å². The molecule has 140 valence electrons. The van der Waals surface area contributed by atoms with Gasteiger partial charge >= 0.3 is 0 Å². The zero-order valence-corrected chi connectivity index (χ0v) is 15.3. The van der Waals surface area contributed by atoms with Crippen molar-refractivity contribution in [2.75, 3.05) is 14.1 Å². The van der Waals surface area contributed by atoms with Crippen molar-refractivity contribution in [2.24, 2.45) is 0 Å². The highest BCUT2D eigenvalue weighted by molar-refractivity contribution is 7.89. The van der Waals surface area contributed by atoms with E-state index in [1.165, 1.54) is 32.3 Å². The highest BCUT2D eigenvalue weighted by Gasteiger charge is 2.16. The maximum Gasteiger partial charge on any atom is 0.242 e. The zero-order chi connectivity index (χ0) is 19.3. The zero-order valence-electron chi connectivity index (χ0n) is 14.5. The molecule has 26 heavy (non-hydrogen) atoms. The number of aryl methyl sites for hydroxylation is 1. The molecule has 0 fully saturated rings. The molecule has 0 saturated heterocycles. The summed E-state index contributed by atoms with van der Waals surface area (Å²) in [6.45, 7) is 0.249. The Kier molecular flexibility index (Phi) is 6.44. The van der Waals surface area contributed by atoms with Crippen molar-refractivity contribution in [3.8, 4) is 0 Å². The van der Waals surface area contributed by atoms with E-state index in [9.17, 15) is 22.0 Å². The van der Waals surface area contributed by atoms with Crippen LogP contribution in [-0.2, 0) is 27.8 Å². The second-order valence-corrected chi connectivity index (χ2v) is 8.11. The average molecular weight is 382 g/mol. The Hall–Kier alpha value is -2.32. The lowest BCUT2D eigenvalue weighted by Crippen LogP contribution is -2.23. The van der Waals surface area contributed by atoms with Crippen LogP contribution in [0.5, 0.6) is 0 Å². The van der Waals surface area contributed by atoms with Crippen LogP contribution in [-0.4, -0.2) is 32.7 Å². The number of amides is 1. The van der Waals surface area contributed by atoms with Gasteiger partial charge in [-0.05, 0) is 41.8 Å². The molecule has 0 aliphatic carbocycles. The van der Waals surface area contributed by atoms with E-state index < -0.39 is 21.7 Å². The number of rotatable bonds is 7. The molecule has 0 spiro atoms. The molecule has 0 atom stereocenters. The Labute approximate surface area is 151 Å². The van der Waals surface area contributed by atoms with Gasteiger partial charge < -0.3 is 5.32 Å². The van der Waals surface area contributed by atoms with Crippen molar-refractivity contribution in [1.82, 2.24) is 9.62 Å². The molecular formula is C18H20F2N2O3S. The summed E-state index contributed by atoms with van der Waals surface area (Å²) >= 11 is 0. The Morgan fingerprint density at radius 3 is 2.19 bits per heavy atom. The minimum Gasteiger partial charge on any atom is -0.352 e. The second kappa shape index (κ2) is 8.37. The van der Waals surface area contributed by atoms with Crippen molar-refractivity contribution < 1.29 is 22.0 Å². The standard InChI is InChI=1S/C18H20F2N2O3S/c1-22(2)26(24,25)15-7-3-14(4-8-15)12-21-18(23)10-6-13-5-9-16(19)17(20)11-13/h3-5,7-9,11H,6,10,12H2,1-2H3,(H,21,23). The maximum atomic E-state index is 13.1. The maximum absolute atomic E-state index is 13.1. The number of nitrogens with zero attached hydrogens (tertiary/aromatic N) is 1. The molecule has 0 aliphatic rings. The van der Waals surface area contributed by atoms with Crippen LogP contribution in [0.15, 0.2) is 47.4 Å². The molecule has 2 aromatic rings. The average Bonchev–Trinajstić information content (AvgIpc) is 2.61. The largest absolute Gasteiger partial charge is 0.352 e. The van der Waals surface area contributed by atoms with E-state index in [0.29, 0.717) is 12.0 Å². The van der Waals surface area contributed by atoms with Crippen LogP contribution < -0.4 is 5.32 Å². The number of hydrogen-bond acceptors (Lipinski definition) is 3. The Balaban J connectivity index is 1.86. The Bertz CT molecular complexity index is 882. The normalized spacial score (nSPS) is 11.6. The first-order chi connectivity index (χ1) is 12.2. The van der Waals surface area contributed by atoms with E-state index in [-0.39, 0.29) is 23.8 Å². The summed E-state index contributed by atoms with van der Waals surface area (Å²) in [5.41, 5.74) is 1.29. The third-order valence-electron chi connectivity index (χ3n) is 3.82. The highest BCUT2D eigenvalue weighted by Crippen LogP contribution is 2.14. The van der Waals surface area contributed by atoms with Gasteiger partial charge in [-0.15, -0.1) is 0 Å². The van der Waals surface area contributed by atoms with Gasteiger partial charge in [0.15, 0.2) is 11.6 Å². The number of nitrogens with one attached hydrogen (secondary N) is 1. The van der Waals surface area contributed by atoms with Crippen molar-refractivity contribution in [3.63, 3.8) is 0 Å². The van der Waals surface area contributed by atoms with Crippen molar-refractivity contribution in [1.29, 1.82) is 0 Å². The van der Waals surface area contributed by atoms with Crippen LogP contribution in [0.3, 0.4) is 0 Å². The first-order valence-corrected chi connectivity index (χ1v) is 9.36. The topological polar surface area (TPSA) is 66.5 Å². The number of benzene rings is 2. The van der Waals surface area contributed by atoms with E-state index in [2.05, 4.69) is 5.32 Å². The van der Waals surface area contributed by atoms with Crippen LogP contribution in [0.4, 0.5) is 8.78 Å². The van der Waals surface area contributed by atoms with Crippen molar-refractivity contribution >= 4 is 15.9 Å². The third-order valence-corrected chi connectivity index (χ3v) is 5.65. The fourth-order valence-electron chi connectivity index (χ4n) is 2.23. The fourth-order valence-corrected chi connectivity index (χ4v) is 3.13. The molecule has 0 radical (unpaired) electrons. The Morgan fingerprint density at radius 1 is 1.00 bits per heavy atom. The molecule has 0 saturated carbocycles. The predicted octanol–water partition coefficient (Wildman–Crippen LogP) is 2.46. The highest BCUT2D eigenvalue weighted by atomic mass is 32.2. The van der Waals surface area contributed by atoms with Crippen LogP contribution in [0.25, 0.3) is 0 Å². The quantitative estimate of drug-likeness (QED) is 0.800. The molecule has 8 heteroatoms. The van der Waals surface area contributed by atoms with Crippen LogP contribution in [0.2, 0.25) is 0 Å². The third kappa shape index (κ3) is 5.09. The summed E-state index contributed by atoms with van der Waals surface area (Å²) in [6, 6.07) is 9.78. The van der Waals surface area contributed by atoms with Gasteiger partial charge in [-0.2, -0.15) is 0 Å². The number of carbonyl (C=O) groups is 1. The molecule has 5 nitrogen and oxygen atoms in total. The van der Waals surface area contributed by atoms with Crippen LogP contribution >= 0.6 is 0 Å². The van der Waals surface area contributed by atoms with Gasteiger partial charge in [0, 0.05) is 27.1 Å². The number of carbonyl (C=O) groups excluding carboxylic acids is 1. The van der Waals surface area contributed by atoms with Gasteiger partial charge in [-0.25, -0.2) is 21.5 Å². The molecule has 0 heterocycles. The second-order valence-electron chi connectivity index (χ2n) is 5.96. The van der Waals surface area contributed by atoms with Gasteiger partial charge in [0.05, 0.1) is 4.90 Å². The molecule has 0 unspecified atom stereocenters. The lowest BCUT2D eigenvalue weighted by atomic mass is 10.1. The minimum absolute atomic E-state index is 0.137. The summed E-state index contributed by atoms with van der Waals surface area (Å²) in [6.07, 6.45) is 0.432. The SMILES string of the molecule is CN(C)S(=O)(=O)c1ccc(CNC(=O)CCc2ccc(F)c(F)c2)cc1. The number of hydrogen-bond donors (Lipinski definition) is 1. The fraction of sp³-hybridized carbons (Fsp3) is 0.278. The monoisotopic (exact) mass is 382 g/mol. The van der Waals surface area contributed by atoms with Crippen molar-refractivity contribution in [3.05, 3.63) is 65.2 Å². The number of sulfonamides is 1. The first-order valence-electron chi connectivity index (χ1n) is 7.92. The predicted molar refractivity (Wildman–Crippen MR) is 93.8 cm³/mol. The van der Waals surface area contributed by atoms with Crippen LogP contribution in [0.1, 0.15) is 17.5 Å². The van der Waals surface area contributed by atoms with Gasteiger partial charge in [0.25, 0.3) is 0 Å². The summed E-state index contributed by atoms with van der Waals surface area (Å²) < 4.78 is 51.1. The molecule has 0 aromatic heterocycles. The molecule has 2 aromatic carbocycles.